The Bertz CT molecular complexity index is 878. The summed E-state index contributed by atoms with van der Waals surface area (Å²) in [6, 6.07) is 3.94. The summed E-state index contributed by atoms with van der Waals surface area (Å²) in [4.78, 5) is 34.0. The Labute approximate surface area is 122 Å². The van der Waals surface area contributed by atoms with Crippen LogP contribution in [0.2, 0.25) is 0 Å². The zero-order chi connectivity index (χ0) is 15.9. The van der Waals surface area contributed by atoms with Crippen molar-refractivity contribution in [2.24, 2.45) is 5.10 Å². The van der Waals surface area contributed by atoms with E-state index in [0.717, 1.165) is 4.68 Å². The van der Waals surface area contributed by atoms with E-state index in [-0.39, 0.29) is 17.0 Å². The largest absolute Gasteiger partial charge is 0.364 e. The van der Waals surface area contributed by atoms with E-state index in [0.29, 0.717) is 17.9 Å². The van der Waals surface area contributed by atoms with Crippen molar-refractivity contribution in [2.75, 3.05) is 5.32 Å². The number of carbonyl (C=O) groups is 1. The fraction of sp³-hybridized carbons (Fsp3) is 0.167. The van der Waals surface area contributed by atoms with Crippen molar-refractivity contribution < 1.29 is 9.72 Å². The Morgan fingerprint density at radius 2 is 2.18 bits per heavy atom. The predicted molar refractivity (Wildman–Crippen MR) is 75.9 cm³/mol. The molecular weight excluding hydrogens is 292 g/mol. The van der Waals surface area contributed by atoms with E-state index in [4.69, 9.17) is 0 Å². The Kier molecular flexibility index (Phi) is 3.05. The highest BCUT2D eigenvalue weighted by atomic mass is 16.6. The first kappa shape index (κ1) is 13.7. The summed E-state index contributed by atoms with van der Waals surface area (Å²) in [7, 11) is 0. The molecule has 0 saturated heterocycles. The number of aromatic amines is 1. The van der Waals surface area contributed by atoms with E-state index < -0.39 is 16.5 Å². The van der Waals surface area contributed by atoms with Crippen molar-refractivity contribution in [1.82, 2.24) is 14.9 Å². The second kappa shape index (κ2) is 4.91. The summed E-state index contributed by atoms with van der Waals surface area (Å²) < 4.78 is 0.975. The molecule has 2 aromatic rings. The summed E-state index contributed by atoms with van der Waals surface area (Å²) in [5, 5.41) is 23.4. The summed E-state index contributed by atoms with van der Waals surface area (Å²) in [6.07, 6.45) is 0.429. The van der Waals surface area contributed by atoms with Crippen molar-refractivity contribution in [3.63, 3.8) is 0 Å². The lowest BCUT2D eigenvalue weighted by molar-refractivity contribution is -0.384. The number of amides is 1. The number of nitro benzene ring substituents is 1. The van der Waals surface area contributed by atoms with Gasteiger partial charge in [-0.25, -0.2) is 9.89 Å². The van der Waals surface area contributed by atoms with Gasteiger partial charge in [0, 0.05) is 24.1 Å². The second-order valence-corrected chi connectivity index (χ2v) is 4.50. The number of nitrogens with one attached hydrogen (secondary N) is 2. The van der Waals surface area contributed by atoms with Gasteiger partial charge in [-0.3, -0.25) is 14.9 Å². The van der Waals surface area contributed by atoms with Crippen LogP contribution < -0.4 is 11.0 Å². The van der Waals surface area contributed by atoms with Crippen LogP contribution in [0.5, 0.6) is 0 Å². The number of hydrogen-bond donors (Lipinski definition) is 2. The maximum Gasteiger partial charge on any atom is 0.364 e. The Hall–Kier alpha value is -3.30. The van der Waals surface area contributed by atoms with Crippen LogP contribution in [0, 0.1) is 10.1 Å². The molecule has 1 aromatic heterocycles. The number of H-pyrrole nitrogens is 1. The maximum atomic E-state index is 12.0. The lowest BCUT2D eigenvalue weighted by Crippen LogP contribution is -2.21. The van der Waals surface area contributed by atoms with Crippen LogP contribution in [-0.4, -0.2) is 31.4 Å². The highest BCUT2D eigenvalue weighted by Gasteiger charge is 2.29. The molecule has 10 heteroatoms. The van der Waals surface area contributed by atoms with Crippen LogP contribution in [0.1, 0.15) is 18.3 Å². The molecule has 0 radical (unpaired) electrons. The number of aryl methyl sites for hydroxylation is 1. The van der Waals surface area contributed by atoms with E-state index in [9.17, 15) is 19.7 Å². The molecule has 3 rings (SSSR count). The van der Waals surface area contributed by atoms with Gasteiger partial charge in [0.05, 0.1) is 10.6 Å². The van der Waals surface area contributed by atoms with Gasteiger partial charge in [-0.15, -0.1) is 0 Å². The van der Waals surface area contributed by atoms with Crippen LogP contribution in [0.3, 0.4) is 0 Å². The number of rotatable bonds is 3. The van der Waals surface area contributed by atoms with Gasteiger partial charge >= 0.3 is 5.69 Å². The van der Waals surface area contributed by atoms with Crippen molar-refractivity contribution in [3.8, 4) is 0 Å². The minimum atomic E-state index is -0.587. The minimum Gasteiger partial charge on any atom is -0.320 e. The fourth-order valence-corrected chi connectivity index (χ4v) is 2.11. The SMILES string of the molecule is CCc1n[nH]c(=O)n1/N=C1/C(=O)Nc2ccc([N+](=O)[O-])cc21. The van der Waals surface area contributed by atoms with Gasteiger partial charge < -0.3 is 5.32 Å². The molecule has 0 spiro atoms. The first-order valence-corrected chi connectivity index (χ1v) is 6.36. The Morgan fingerprint density at radius 3 is 2.86 bits per heavy atom. The maximum absolute atomic E-state index is 12.0. The molecule has 0 bridgehead atoms. The molecule has 0 unspecified atom stereocenters. The first-order valence-electron chi connectivity index (χ1n) is 6.36. The van der Waals surface area contributed by atoms with E-state index >= 15 is 0 Å². The van der Waals surface area contributed by atoms with Gasteiger partial charge in [0.2, 0.25) is 0 Å². The number of nitro groups is 1. The number of anilines is 1. The smallest absolute Gasteiger partial charge is 0.320 e. The molecular formula is C12H10N6O4. The molecule has 10 nitrogen and oxygen atoms in total. The van der Waals surface area contributed by atoms with Gasteiger partial charge in [0.25, 0.3) is 11.6 Å². The molecule has 1 aliphatic heterocycles. The quantitative estimate of drug-likeness (QED) is 0.618. The zero-order valence-corrected chi connectivity index (χ0v) is 11.4. The molecule has 1 aromatic carbocycles. The third-order valence-electron chi connectivity index (χ3n) is 3.17. The summed E-state index contributed by atoms with van der Waals surface area (Å²) in [5.41, 5.74) is -0.149. The van der Waals surface area contributed by atoms with Gasteiger partial charge in [-0.1, -0.05) is 6.92 Å². The predicted octanol–water partition coefficient (Wildman–Crippen LogP) is 0.246. The molecule has 22 heavy (non-hydrogen) atoms. The molecule has 0 atom stereocenters. The van der Waals surface area contributed by atoms with Crippen molar-refractivity contribution in [2.45, 2.75) is 13.3 Å². The van der Waals surface area contributed by atoms with E-state index in [2.05, 4.69) is 20.6 Å². The van der Waals surface area contributed by atoms with Crippen molar-refractivity contribution in [1.29, 1.82) is 0 Å². The third-order valence-corrected chi connectivity index (χ3v) is 3.17. The lowest BCUT2D eigenvalue weighted by atomic mass is 10.1. The second-order valence-electron chi connectivity index (χ2n) is 4.50. The minimum absolute atomic E-state index is 0.0723. The van der Waals surface area contributed by atoms with E-state index in [1.807, 2.05) is 0 Å². The van der Waals surface area contributed by atoms with Crippen molar-refractivity contribution >= 4 is 23.0 Å². The number of fused-ring (bicyclic) bond motifs is 1. The molecule has 0 aliphatic carbocycles. The summed E-state index contributed by atoms with van der Waals surface area (Å²) >= 11 is 0. The van der Waals surface area contributed by atoms with Crippen LogP contribution >= 0.6 is 0 Å². The topological polar surface area (TPSA) is 135 Å². The summed E-state index contributed by atoms with van der Waals surface area (Å²) in [6.45, 7) is 1.78. The highest BCUT2D eigenvalue weighted by molar-refractivity contribution is 6.53. The van der Waals surface area contributed by atoms with Crippen molar-refractivity contribution in [3.05, 3.63) is 50.2 Å². The average molecular weight is 302 g/mol. The molecule has 112 valence electrons. The van der Waals surface area contributed by atoms with Crippen LogP contribution in [0.25, 0.3) is 0 Å². The molecule has 0 saturated carbocycles. The Morgan fingerprint density at radius 1 is 1.41 bits per heavy atom. The third kappa shape index (κ3) is 2.06. The summed E-state index contributed by atoms with van der Waals surface area (Å²) in [5.74, 6) is -0.185. The van der Waals surface area contributed by atoms with E-state index in [1.54, 1.807) is 6.92 Å². The monoisotopic (exact) mass is 302 g/mol. The number of carbonyl (C=O) groups excluding carboxylic acids is 1. The van der Waals surface area contributed by atoms with Crippen LogP contribution in [-0.2, 0) is 11.2 Å². The molecule has 1 aliphatic rings. The number of benzene rings is 1. The van der Waals surface area contributed by atoms with Gasteiger partial charge in [0.1, 0.15) is 0 Å². The normalized spacial score (nSPS) is 15.0. The number of nitrogens with zero attached hydrogens (tertiary/aromatic N) is 4. The highest BCUT2D eigenvalue weighted by Crippen LogP contribution is 2.27. The van der Waals surface area contributed by atoms with Gasteiger partial charge in [0.15, 0.2) is 11.5 Å². The molecule has 0 fully saturated rings. The lowest BCUT2D eigenvalue weighted by Gasteiger charge is -1.99. The van der Waals surface area contributed by atoms with Gasteiger partial charge in [-0.2, -0.15) is 14.9 Å². The fourth-order valence-electron chi connectivity index (χ4n) is 2.11. The van der Waals surface area contributed by atoms with Crippen LogP contribution in [0.15, 0.2) is 28.1 Å². The van der Waals surface area contributed by atoms with E-state index in [1.165, 1.54) is 18.2 Å². The average Bonchev–Trinajstić information content (AvgIpc) is 3.00. The number of non-ortho nitro benzene ring substituents is 1. The van der Waals surface area contributed by atoms with Gasteiger partial charge in [-0.05, 0) is 6.07 Å². The zero-order valence-electron chi connectivity index (χ0n) is 11.4. The van der Waals surface area contributed by atoms with Crippen LogP contribution in [0.4, 0.5) is 11.4 Å². The molecule has 1 amide bonds. The standard InChI is InChI=1S/C12H10N6O4/c1-2-9-14-15-12(20)17(9)16-10-7-5-6(18(21)22)3-4-8(7)13-11(10)19/h3-5H,2H2,1H3,(H,15,20)(H,13,16,19). The molecule has 2 N–H and O–H groups in total. The number of hydrogen-bond acceptors (Lipinski definition) is 6. The molecule has 2 heterocycles. The Balaban J connectivity index is 2.17. The first-order chi connectivity index (χ1) is 10.5. The number of aromatic nitrogens is 3.